The number of aliphatic hydroxyl groups is 1. The number of alkyl halides is 3. The molecule has 1 aromatic rings. The lowest BCUT2D eigenvalue weighted by Gasteiger charge is -2.36. The Morgan fingerprint density at radius 3 is 2.23 bits per heavy atom. The largest absolute Gasteiger partial charge is 0.466 e. The molecule has 3 N–H and O–H groups in total. The van der Waals surface area contributed by atoms with E-state index in [4.69, 9.17) is 33.7 Å². The van der Waals surface area contributed by atoms with Gasteiger partial charge in [0.2, 0.25) is 0 Å². The zero-order chi connectivity index (χ0) is 31.9. The van der Waals surface area contributed by atoms with Gasteiger partial charge < -0.3 is 20.5 Å². The van der Waals surface area contributed by atoms with Crippen LogP contribution >= 0.6 is 23.2 Å². The van der Waals surface area contributed by atoms with Gasteiger partial charge in [0.25, 0.3) is 5.91 Å². The molecule has 1 amide bonds. The summed E-state index contributed by atoms with van der Waals surface area (Å²) in [5, 5.41) is 10.2. The predicted molar refractivity (Wildman–Crippen MR) is 156 cm³/mol. The van der Waals surface area contributed by atoms with Crippen LogP contribution in [0.25, 0.3) is 0 Å². The first kappa shape index (κ1) is 34.8. The van der Waals surface area contributed by atoms with Gasteiger partial charge in [-0.05, 0) is 71.1 Å². The second kappa shape index (κ2) is 14.9. The maximum atomic E-state index is 14.4. The van der Waals surface area contributed by atoms with Gasteiger partial charge in [-0.1, -0.05) is 23.2 Å². The van der Waals surface area contributed by atoms with Crippen LogP contribution in [0, 0.1) is 11.8 Å². The van der Waals surface area contributed by atoms with Crippen LogP contribution in [0.1, 0.15) is 75.6 Å². The van der Waals surface area contributed by atoms with Gasteiger partial charge in [0.1, 0.15) is 0 Å². The number of amides is 1. The molecule has 9 nitrogen and oxygen atoms in total. The molecule has 0 aromatic carbocycles. The molecule has 0 saturated heterocycles. The van der Waals surface area contributed by atoms with E-state index < -0.39 is 59.2 Å². The summed E-state index contributed by atoms with van der Waals surface area (Å²) < 4.78 is 48.3. The quantitative estimate of drug-likeness (QED) is 0.152. The van der Waals surface area contributed by atoms with E-state index in [0.29, 0.717) is 44.7 Å². The summed E-state index contributed by atoms with van der Waals surface area (Å²) in [6, 6.07) is -0.796. The molecular formula is C29H37Cl2F3N4O5. The third-order valence-electron chi connectivity index (χ3n) is 7.96. The van der Waals surface area contributed by atoms with E-state index in [1.165, 1.54) is 12.4 Å². The number of hydrogen-bond donors (Lipinski definition) is 2. The highest BCUT2D eigenvalue weighted by Crippen LogP contribution is 2.34. The van der Waals surface area contributed by atoms with Crippen molar-refractivity contribution < 1.29 is 37.4 Å². The second-order valence-electron chi connectivity index (χ2n) is 11.3. The number of carbonyl (C=O) groups excluding carboxylic acids is 3. The summed E-state index contributed by atoms with van der Waals surface area (Å²) in [5.74, 6) is -2.81. The van der Waals surface area contributed by atoms with Crippen molar-refractivity contribution in [2.45, 2.75) is 83.0 Å². The number of Topliss-reactive ketones (excluding diaryl/α,β-unsaturated/α-hetero) is 1. The van der Waals surface area contributed by atoms with Gasteiger partial charge in [-0.25, -0.2) is 0 Å². The summed E-state index contributed by atoms with van der Waals surface area (Å²) in [5.41, 5.74) is 2.33. The van der Waals surface area contributed by atoms with Crippen molar-refractivity contribution in [3.8, 4) is 0 Å². The highest BCUT2D eigenvalue weighted by atomic mass is 35.5. The van der Waals surface area contributed by atoms with E-state index >= 15 is 0 Å². The van der Waals surface area contributed by atoms with Crippen molar-refractivity contribution >= 4 is 46.6 Å². The third kappa shape index (κ3) is 9.39. The number of ether oxygens (including phenoxy) is 1. The Balaban J connectivity index is 1.90. The molecule has 14 heteroatoms. The molecule has 43 heavy (non-hydrogen) atoms. The third-order valence-corrected chi connectivity index (χ3v) is 8.54. The molecule has 0 spiro atoms. The van der Waals surface area contributed by atoms with Gasteiger partial charge >= 0.3 is 12.1 Å². The van der Waals surface area contributed by atoms with Crippen LogP contribution in [0.3, 0.4) is 0 Å². The van der Waals surface area contributed by atoms with Crippen LogP contribution in [0.4, 0.5) is 13.2 Å². The Labute approximate surface area is 258 Å². The topological polar surface area (TPSA) is 135 Å². The number of halogens is 5. The minimum Gasteiger partial charge on any atom is -0.466 e. The maximum Gasteiger partial charge on any atom is 0.433 e. The van der Waals surface area contributed by atoms with E-state index in [1.54, 1.807) is 13.8 Å². The van der Waals surface area contributed by atoms with E-state index in [-0.39, 0.29) is 47.5 Å². The number of aliphatic imine (C=N–C) groups is 1. The first-order valence-corrected chi connectivity index (χ1v) is 15.0. The van der Waals surface area contributed by atoms with Crippen molar-refractivity contribution in [1.29, 1.82) is 0 Å². The zero-order valence-corrected chi connectivity index (χ0v) is 25.6. The molecule has 2 aliphatic rings. The first-order chi connectivity index (χ1) is 20.2. The number of nitrogens with zero attached hydrogens (tertiary/aromatic N) is 3. The van der Waals surface area contributed by atoms with Crippen molar-refractivity contribution in [2.24, 2.45) is 22.6 Å². The van der Waals surface area contributed by atoms with Crippen LogP contribution < -0.4 is 5.73 Å². The molecule has 0 unspecified atom stereocenters. The molecule has 0 atom stereocenters. The minimum absolute atomic E-state index is 0.0614. The number of rotatable bonds is 10. The smallest absolute Gasteiger partial charge is 0.433 e. The average molecular weight is 650 g/mol. The summed E-state index contributed by atoms with van der Waals surface area (Å²) in [7, 11) is 0. The van der Waals surface area contributed by atoms with Crippen LogP contribution in [0.15, 0.2) is 29.2 Å². The number of hydrogen-bond acceptors (Lipinski definition) is 8. The van der Waals surface area contributed by atoms with Gasteiger partial charge in [0.15, 0.2) is 11.5 Å². The molecule has 0 radical (unpaired) electrons. The number of pyridine rings is 1. The Morgan fingerprint density at radius 2 is 1.72 bits per heavy atom. The van der Waals surface area contributed by atoms with Crippen LogP contribution in [-0.4, -0.2) is 75.9 Å². The number of nitrogens with two attached hydrogens (primary N) is 1. The molecule has 3 rings (SSSR count). The second-order valence-corrected chi connectivity index (χ2v) is 12.2. The standard InChI is InChI=1S/C29H37Cl2F3N4O5/c1-3-43-27(41)18-4-6-19(7-5-18)37-25(29(32,33)34)20(12-35)26(40)38(15-17-8-10-28(2,42)11-9-17)16-23(39)24-21(30)13-36-14-22(24)31/h12-14,17-19,42H,3-11,15-16,35H2,1-2H3. The minimum atomic E-state index is -5.03. The van der Waals surface area contributed by atoms with Crippen LogP contribution in [0.2, 0.25) is 10.0 Å². The zero-order valence-electron chi connectivity index (χ0n) is 24.1. The number of ketones is 1. The van der Waals surface area contributed by atoms with Crippen LogP contribution in [0.5, 0.6) is 0 Å². The Morgan fingerprint density at radius 1 is 1.14 bits per heavy atom. The van der Waals surface area contributed by atoms with E-state index in [2.05, 4.69) is 9.98 Å². The molecule has 2 fully saturated rings. The van der Waals surface area contributed by atoms with E-state index in [0.717, 1.165) is 4.90 Å². The van der Waals surface area contributed by atoms with Gasteiger partial charge in [-0.2, -0.15) is 13.2 Å². The monoisotopic (exact) mass is 648 g/mol. The summed E-state index contributed by atoms with van der Waals surface area (Å²) in [6.07, 6.45) is 0.763. The lowest BCUT2D eigenvalue weighted by atomic mass is 9.79. The van der Waals surface area contributed by atoms with Crippen molar-refractivity contribution in [3.63, 3.8) is 0 Å². The van der Waals surface area contributed by atoms with Crippen molar-refractivity contribution in [2.75, 3.05) is 19.7 Å². The maximum absolute atomic E-state index is 14.4. The fourth-order valence-corrected chi connectivity index (χ4v) is 6.12. The fourth-order valence-electron chi connectivity index (χ4n) is 5.54. The number of aromatic nitrogens is 1. The molecule has 0 aliphatic heterocycles. The summed E-state index contributed by atoms with van der Waals surface area (Å²) in [6.45, 7) is 2.90. The molecule has 2 aliphatic carbocycles. The normalized spacial score (nSPS) is 25.3. The molecule has 238 valence electrons. The Hall–Kier alpha value is -2.70. The van der Waals surface area contributed by atoms with Gasteiger partial charge in [0, 0.05) is 25.1 Å². The van der Waals surface area contributed by atoms with Gasteiger partial charge in [0.05, 0.1) is 51.9 Å². The lowest BCUT2D eigenvalue weighted by molar-refractivity contribution is -0.149. The lowest BCUT2D eigenvalue weighted by Crippen LogP contribution is -2.45. The average Bonchev–Trinajstić information content (AvgIpc) is 2.93. The summed E-state index contributed by atoms with van der Waals surface area (Å²) in [4.78, 5) is 47.9. The van der Waals surface area contributed by atoms with Gasteiger partial charge in [-0.15, -0.1) is 0 Å². The Bertz CT molecular complexity index is 1220. The molecule has 0 bridgehead atoms. The molecule has 1 aromatic heterocycles. The predicted octanol–water partition coefficient (Wildman–Crippen LogP) is 5.31. The van der Waals surface area contributed by atoms with E-state index in [9.17, 15) is 32.7 Å². The van der Waals surface area contributed by atoms with Crippen LogP contribution in [-0.2, 0) is 14.3 Å². The Kier molecular flexibility index (Phi) is 12.0. The highest BCUT2D eigenvalue weighted by molar-refractivity contribution is 6.39. The SMILES string of the molecule is CCOC(=O)C1CCC(N=C(C(=CN)C(=O)N(CC(=O)c2c(Cl)cncc2Cl)CC2CCC(C)(O)CC2)C(F)(F)F)CC1. The number of esters is 1. The fraction of sp³-hybridized carbons (Fsp3) is 0.621. The summed E-state index contributed by atoms with van der Waals surface area (Å²) >= 11 is 12.3. The van der Waals surface area contributed by atoms with E-state index in [1.807, 2.05) is 0 Å². The van der Waals surface area contributed by atoms with Crippen molar-refractivity contribution in [1.82, 2.24) is 9.88 Å². The molecular weight excluding hydrogens is 612 g/mol. The molecule has 1 heterocycles. The molecule has 2 saturated carbocycles. The number of carbonyl (C=O) groups is 3. The van der Waals surface area contributed by atoms with Gasteiger partial charge in [-0.3, -0.25) is 24.4 Å². The first-order valence-electron chi connectivity index (χ1n) is 14.2. The highest BCUT2D eigenvalue weighted by Gasteiger charge is 2.43. The van der Waals surface area contributed by atoms with Crippen molar-refractivity contribution in [3.05, 3.63) is 39.8 Å².